The summed E-state index contributed by atoms with van der Waals surface area (Å²) in [5, 5.41) is 9.90. The number of hydrogen-bond donors (Lipinski definition) is 1. The Labute approximate surface area is 165 Å². The van der Waals surface area contributed by atoms with Crippen LogP contribution < -0.4 is 14.2 Å². The molecule has 2 aromatic carbocycles. The standard InChI is InChI=1S/C19H15NO5S2/c1-23-14-4-2-11(6-13(14)21)8-17-18(22)20(19(26)27-17)9-12-3-5-15-16(7-12)25-10-24-15/h2-8,21H,9-10H2,1H3. The van der Waals surface area contributed by atoms with E-state index in [-0.39, 0.29) is 18.4 Å². The molecule has 2 aliphatic heterocycles. The minimum absolute atomic E-state index is 0.0158. The van der Waals surface area contributed by atoms with E-state index < -0.39 is 0 Å². The Kier molecular flexibility index (Phi) is 4.67. The molecule has 27 heavy (non-hydrogen) atoms. The van der Waals surface area contributed by atoms with Crippen molar-refractivity contribution in [2.75, 3.05) is 13.9 Å². The molecule has 6 nitrogen and oxygen atoms in total. The second-order valence-electron chi connectivity index (χ2n) is 5.89. The van der Waals surface area contributed by atoms with E-state index in [1.54, 1.807) is 29.2 Å². The van der Waals surface area contributed by atoms with Gasteiger partial charge in [-0.3, -0.25) is 9.69 Å². The van der Waals surface area contributed by atoms with Crippen LogP contribution in [0.2, 0.25) is 0 Å². The molecule has 0 unspecified atom stereocenters. The first-order valence-electron chi connectivity index (χ1n) is 8.06. The van der Waals surface area contributed by atoms with Gasteiger partial charge in [0.05, 0.1) is 18.6 Å². The summed E-state index contributed by atoms with van der Waals surface area (Å²) in [7, 11) is 1.48. The molecule has 1 saturated heterocycles. The van der Waals surface area contributed by atoms with Gasteiger partial charge in [-0.25, -0.2) is 0 Å². The lowest BCUT2D eigenvalue weighted by molar-refractivity contribution is -0.122. The van der Waals surface area contributed by atoms with E-state index in [1.165, 1.54) is 18.9 Å². The molecule has 1 fully saturated rings. The van der Waals surface area contributed by atoms with Crippen molar-refractivity contribution in [2.45, 2.75) is 6.54 Å². The van der Waals surface area contributed by atoms with E-state index in [2.05, 4.69) is 0 Å². The first-order chi connectivity index (χ1) is 13.0. The van der Waals surface area contributed by atoms with Gasteiger partial charge in [-0.1, -0.05) is 36.1 Å². The lowest BCUT2D eigenvalue weighted by Crippen LogP contribution is -2.27. The minimum atomic E-state index is -0.169. The van der Waals surface area contributed by atoms with Crippen LogP contribution in [0, 0.1) is 0 Å². The Morgan fingerprint density at radius 1 is 1.26 bits per heavy atom. The number of thioether (sulfide) groups is 1. The maximum atomic E-state index is 12.8. The van der Waals surface area contributed by atoms with Gasteiger partial charge in [0.15, 0.2) is 23.0 Å². The number of aromatic hydroxyl groups is 1. The molecule has 2 heterocycles. The van der Waals surface area contributed by atoms with Gasteiger partial charge in [0.25, 0.3) is 5.91 Å². The van der Waals surface area contributed by atoms with Crippen molar-refractivity contribution in [3.63, 3.8) is 0 Å². The molecule has 0 radical (unpaired) electrons. The second-order valence-corrected chi connectivity index (χ2v) is 7.56. The Hall–Kier alpha value is -2.71. The molecule has 138 valence electrons. The summed E-state index contributed by atoms with van der Waals surface area (Å²) in [6.45, 7) is 0.559. The summed E-state index contributed by atoms with van der Waals surface area (Å²) in [4.78, 5) is 14.8. The van der Waals surface area contributed by atoms with Crippen molar-refractivity contribution in [3.8, 4) is 23.0 Å². The number of fused-ring (bicyclic) bond motifs is 1. The zero-order chi connectivity index (χ0) is 19.0. The smallest absolute Gasteiger partial charge is 0.266 e. The molecule has 1 amide bonds. The average Bonchev–Trinajstić information content (AvgIpc) is 3.22. The molecule has 0 aliphatic carbocycles. The maximum Gasteiger partial charge on any atom is 0.266 e. The largest absolute Gasteiger partial charge is 0.504 e. The third-order valence-electron chi connectivity index (χ3n) is 4.15. The van der Waals surface area contributed by atoms with Crippen molar-refractivity contribution in [2.24, 2.45) is 0 Å². The van der Waals surface area contributed by atoms with E-state index in [4.69, 9.17) is 26.4 Å². The van der Waals surface area contributed by atoms with Gasteiger partial charge < -0.3 is 19.3 Å². The van der Waals surface area contributed by atoms with Crippen molar-refractivity contribution in [3.05, 3.63) is 52.4 Å². The number of benzene rings is 2. The van der Waals surface area contributed by atoms with E-state index >= 15 is 0 Å². The highest BCUT2D eigenvalue weighted by atomic mass is 32.2. The molecule has 0 aromatic heterocycles. The van der Waals surface area contributed by atoms with Crippen LogP contribution in [-0.4, -0.2) is 34.1 Å². The summed E-state index contributed by atoms with van der Waals surface area (Å²) in [6.07, 6.45) is 1.71. The van der Waals surface area contributed by atoms with Gasteiger partial charge in [0.2, 0.25) is 6.79 Å². The molecule has 0 atom stereocenters. The molecule has 8 heteroatoms. The number of methoxy groups -OCH3 is 1. The van der Waals surface area contributed by atoms with E-state index in [0.717, 1.165) is 5.56 Å². The van der Waals surface area contributed by atoms with Crippen molar-refractivity contribution >= 4 is 40.3 Å². The Morgan fingerprint density at radius 3 is 2.85 bits per heavy atom. The van der Waals surface area contributed by atoms with Crippen LogP contribution in [-0.2, 0) is 11.3 Å². The Morgan fingerprint density at radius 2 is 2.07 bits per heavy atom. The normalized spacial score (nSPS) is 17.1. The van der Waals surface area contributed by atoms with Crippen LogP contribution in [0.4, 0.5) is 0 Å². The Balaban J connectivity index is 1.54. The molecular weight excluding hydrogens is 386 g/mol. The number of nitrogens with zero attached hydrogens (tertiary/aromatic N) is 1. The number of carbonyl (C=O) groups is 1. The molecular formula is C19H15NO5S2. The lowest BCUT2D eigenvalue weighted by Gasteiger charge is -2.14. The van der Waals surface area contributed by atoms with E-state index in [9.17, 15) is 9.90 Å². The SMILES string of the molecule is COc1ccc(C=C2SC(=S)N(Cc3ccc4c(c3)OCO4)C2=O)cc1O. The molecule has 2 aliphatic rings. The van der Waals surface area contributed by atoms with Crippen LogP contribution in [0.3, 0.4) is 0 Å². The lowest BCUT2D eigenvalue weighted by atomic mass is 10.1. The second kappa shape index (κ2) is 7.13. The van der Waals surface area contributed by atoms with Crippen molar-refractivity contribution < 1.29 is 24.1 Å². The van der Waals surface area contributed by atoms with Crippen molar-refractivity contribution in [1.82, 2.24) is 4.90 Å². The molecule has 0 spiro atoms. The van der Waals surface area contributed by atoms with Gasteiger partial charge >= 0.3 is 0 Å². The van der Waals surface area contributed by atoms with Crippen LogP contribution in [0.15, 0.2) is 41.3 Å². The maximum absolute atomic E-state index is 12.8. The fraction of sp³-hybridized carbons (Fsp3) is 0.158. The monoisotopic (exact) mass is 401 g/mol. The van der Waals surface area contributed by atoms with Gasteiger partial charge in [-0.05, 0) is 41.5 Å². The van der Waals surface area contributed by atoms with E-state index in [1.807, 2.05) is 18.2 Å². The van der Waals surface area contributed by atoms with Gasteiger partial charge in [-0.15, -0.1) is 0 Å². The predicted molar refractivity (Wildman–Crippen MR) is 106 cm³/mol. The van der Waals surface area contributed by atoms with Crippen LogP contribution in [0.25, 0.3) is 6.08 Å². The van der Waals surface area contributed by atoms with Crippen LogP contribution >= 0.6 is 24.0 Å². The molecule has 1 N–H and O–H groups in total. The fourth-order valence-electron chi connectivity index (χ4n) is 2.81. The van der Waals surface area contributed by atoms with Crippen LogP contribution in [0.1, 0.15) is 11.1 Å². The summed E-state index contributed by atoms with van der Waals surface area (Å²) in [5.74, 6) is 1.59. The number of amides is 1. The van der Waals surface area contributed by atoms with Crippen LogP contribution in [0.5, 0.6) is 23.0 Å². The number of phenolic OH excluding ortho intramolecular Hbond substituents is 1. The number of ether oxygens (including phenoxy) is 3. The molecule has 0 bridgehead atoms. The van der Waals surface area contributed by atoms with Gasteiger partial charge in [-0.2, -0.15) is 0 Å². The number of thiocarbonyl (C=S) groups is 1. The van der Waals surface area contributed by atoms with Crippen molar-refractivity contribution in [1.29, 1.82) is 0 Å². The number of hydrogen-bond acceptors (Lipinski definition) is 7. The molecule has 0 saturated carbocycles. The number of phenols is 1. The molecule has 4 rings (SSSR count). The minimum Gasteiger partial charge on any atom is -0.504 e. The third-order valence-corrected chi connectivity index (χ3v) is 5.53. The highest BCUT2D eigenvalue weighted by Gasteiger charge is 2.32. The average molecular weight is 401 g/mol. The zero-order valence-corrected chi connectivity index (χ0v) is 15.9. The first kappa shape index (κ1) is 17.7. The third kappa shape index (κ3) is 3.45. The number of rotatable bonds is 4. The topological polar surface area (TPSA) is 68.2 Å². The summed E-state index contributed by atoms with van der Waals surface area (Å²) in [6, 6.07) is 10.5. The Bertz CT molecular complexity index is 973. The molecule has 2 aromatic rings. The summed E-state index contributed by atoms with van der Waals surface area (Å²) < 4.78 is 16.2. The van der Waals surface area contributed by atoms with E-state index in [0.29, 0.717) is 38.6 Å². The fourth-order valence-corrected chi connectivity index (χ4v) is 4.06. The number of carbonyl (C=O) groups excluding carboxylic acids is 1. The highest BCUT2D eigenvalue weighted by molar-refractivity contribution is 8.26. The highest BCUT2D eigenvalue weighted by Crippen LogP contribution is 2.37. The van der Waals surface area contributed by atoms with Gasteiger partial charge in [0, 0.05) is 0 Å². The first-order valence-corrected chi connectivity index (χ1v) is 9.28. The predicted octanol–water partition coefficient (Wildman–Crippen LogP) is 3.53. The quantitative estimate of drug-likeness (QED) is 0.621. The summed E-state index contributed by atoms with van der Waals surface area (Å²) in [5.41, 5.74) is 1.59. The summed E-state index contributed by atoms with van der Waals surface area (Å²) >= 11 is 6.61. The zero-order valence-electron chi connectivity index (χ0n) is 14.3. The van der Waals surface area contributed by atoms with Gasteiger partial charge in [0.1, 0.15) is 4.32 Å².